The van der Waals surface area contributed by atoms with Gasteiger partial charge < -0.3 is 20.3 Å². The first-order valence-corrected chi connectivity index (χ1v) is 5.18. The Bertz CT molecular complexity index is 326. The summed E-state index contributed by atoms with van der Waals surface area (Å²) in [6.07, 6.45) is 0. The zero-order chi connectivity index (χ0) is 12.0. The summed E-state index contributed by atoms with van der Waals surface area (Å²) in [5.74, 6) is 0.736. The number of methoxy groups -OCH3 is 1. The summed E-state index contributed by atoms with van der Waals surface area (Å²) in [4.78, 5) is 0. The molecule has 90 valence electrons. The lowest BCUT2D eigenvalue weighted by Gasteiger charge is -2.21. The third kappa shape index (κ3) is 4.18. The molecule has 0 radical (unpaired) electrons. The summed E-state index contributed by atoms with van der Waals surface area (Å²) in [6.45, 7) is 2.47. The summed E-state index contributed by atoms with van der Waals surface area (Å²) < 4.78 is 10.5. The van der Waals surface area contributed by atoms with Gasteiger partial charge in [-0.25, -0.2) is 0 Å². The van der Waals surface area contributed by atoms with Crippen LogP contribution in [0.1, 0.15) is 12.5 Å². The molecule has 1 unspecified atom stereocenters. The van der Waals surface area contributed by atoms with Crippen LogP contribution in [0.5, 0.6) is 5.75 Å². The molecule has 0 aliphatic carbocycles. The van der Waals surface area contributed by atoms with Crippen molar-refractivity contribution in [2.75, 3.05) is 20.3 Å². The van der Waals surface area contributed by atoms with E-state index in [1.807, 2.05) is 24.3 Å². The number of aliphatic hydroxyl groups excluding tert-OH is 1. The Morgan fingerprint density at radius 2 is 2.19 bits per heavy atom. The number of rotatable bonds is 6. The quantitative estimate of drug-likeness (QED) is 0.755. The van der Waals surface area contributed by atoms with Gasteiger partial charge >= 0.3 is 0 Å². The number of hydrogen-bond acceptors (Lipinski definition) is 4. The first-order chi connectivity index (χ1) is 7.57. The Balaban J connectivity index is 2.57. The fourth-order valence-corrected chi connectivity index (χ4v) is 1.19. The zero-order valence-electron chi connectivity index (χ0n) is 9.77. The number of nitrogens with two attached hydrogens (primary N) is 1. The van der Waals surface area contributed by atoms with Crippen LogP contribution in [-0.2, 0) is 11.3 Å². The van der Waals surface area contributed by atoms with Gasteiger partial charge in [0.2, 0.25) is 0 Å². The van der Waals surface area contributed by atoms with Crippen LogP contribution in [0.15, 0.2) is 24.3 Å². The first-order valence-electron chi connectivity index (χ1n) is 5.18. The fourth-order valence-electron chi connectivity index (χ4n) is 1.19. The van der Waals surface area contributed by atoms with Crippen molar-refractivity contribution in [1.29, 1.82) is 0 Å². The largest absolute Gasteiger partial charge is 0.492 e. The first kappa shape index (κ1) is 13.0. The fraction of sp³-hybridized carbons (Fsp3) is 0.500. The highest BCUT2D eigenvalue weighted by molar-refractivity contribution is 5.28. The van der Waals surface area contributed by atoms with Gasteiger partial charge in [0.05, 0.1) is 18.8 Å². The Kier molecular flexibility index (Phi) is 4.73. The lowest BCUT2D eigenvalue weighted by Crippen LogP contribution is -2.45. The molecule has 3 N–H and O–H groups in total. The monoisotopic (exact) mass is 225 g/mol. The molecule has 0 aliphatic rings. The average Bonchev–Trinajstić information content (AvgIpc) is 2.28. The van der Waals surface area contributed by atoms with E-state index >= 15 is 0 Å². The van der Waals surface area contributed by atoms with Crippen LogP contribution in [0.2, 0.25) is 0 Å². The summed E-state index contributed by atoms with van der Waals surface area (Å²) >= 11 is 0. The van der Waals surface area contributed by atoms with Gasteiger partial charge in [0.25, 0.3) is 0 Å². The molecule has 0 amide bonds. The lowest BCUT2D eigenvalue weighted by molar-refractivity contribution is 0.145. The lowest BCUT2D eigenvalue weighted by atomic mass is 10.1. The van der Waals surface area contributed by atoms with E-state index in [0.29, 0.717) is 6.61 Å². The van der Waals surface area contributed by atoms with E-state index in [-0.39, 0.29) is 13.2 Å². The molecule has 1 aromatic rings. The molecule has 1 rings (SSSR count). The maximum Gasteiger partial charge on any atom is 0.119 e. The Labute approximate surface area is 96.0 Å². The van der Waals surface area contributed by atoms with Gasteiger partial charge in [0.1, 0.15) is 12.4 Å². The summed E-state index contributed by atoms with van der Waals surface area (Å²) in [5, 5.41) is 8.99. The molecule has 0 saturated carbocycles. The Morgan fingerprint density at radius 1 is 1.44 bits per heavy atom. The van der Waals surface area contributed by atoms with Gasteiger partial charge in [-0.05, 0) is 24.6 Å². The van der Waals surface area contributed by atoms with E-state index in [4.69, 9.17) is 20.3 Å². The van der Waals surface area contributed by atoms with E-state index in [1.165, 1.54) is 0 Å². The van der Waals surface area contributed by atoms with Crippen molar-refractivity contribution < 1.29 is 14.6 Å². The number of hydrogen-bond donors (Lipinski definition) is 2. The van der Waals surface area contributed by atoms with Crippen molar-refractivity contribution in [2.24, 2.45) is 5.73 Å². The maximum atomic E-state index is 8.99. The predicted molar refractivity (Wildman–Crippen MR) is 62.3 cm³/mol. The molecule has 0 bridgehead atoms. The molecule has 1 atom stereocenters. The highest BCUT2D eigenvalue weighted by Gasteiger charge is 2.17. The van der Waals surface area contributed by atoms with Gasteiger partial charge in [-0.2, -0.15) is 0 Å². The van der Waals surface area contributed by atoms with Crippen molar-refractivity contribution in [2.45, 2.75) is 19.1 Å². The standard InChI is InChI=1S/C12H19NO3/c1-12(13,8-14)9-16-11-5-3-4-10(6-11)7-15-2/h3-6,14H,7-9,13H2,1-2H3. The minimum absolute atomic E-state index is 0.106. The molecular weight excluding hydrogens is 206 g/mol. The molecule has 4 heteroatoms. The second-order valence-electron chi connectivity index (χ2n) is 4.18. The van der Waals surface area contributed by atoms with Crippen LogP contribution in [0.3, 0.4) is 0 Å². The molecule has 0 saturated heterocycles. The van der Waals surface area contributed by atoms with Crippen molar-refractivity contribution in [1.82, 2.24) is 0 Å². The molecule has 4 nitrogen and oxygen atoms in total. The summed E-state index contributed by atoms with van der Waals surface area (Å²) in [6, 6.07) is 7.62. The number of ether oxygens (including phenoxy) is 2. The number of benzene rings is 1. The third-order valence-electron chi connectivity index (χ3n) is 2.14. The molecule has 0 heterocycles. The van der Waals surface area contributed by atoms with Crippen LogP contribution in [0, 0.1) is 0 Å². The second-order valence-corrected chi connectivity index (χ2v) is 4.18. The van der Waals surface area contributed by atoms with E-state index in [9.17, 15) is 0 Å². The van der Waals surface area contributed by atoms with E-state index in [1.54, 1.807) is 14.0 Å². The number of aliphatic hydroxyl groups is 1. The third-order valence-corrected chi connectivity index (χ3v) is 2.14. The molecular formula is C12H19NO3. The van der Waals surface area contributed by atoms with Crippen LogP contribution >= 0.6 is 0 Å². The van der Waals surface area contributed by atoms with E-state index < -0.39 is 5.54 Å². The molecule has 0 aliphatic heterocycles. The van der Waals surface area contributed by atoms with Crippen LogP contribution < -0.4 is 10.5 Å². The maximum absolute atomic E-state index is 8.99. The molecule has 0 spiro atoms. The van der Waals surface area contributed by atoms with Crippen LogP contribution in [-0.4, -0.2) is 31.0 Å². The van der Waals surface area contributed by atoms with Crippen molar-refractivity contribution in [3.8, 4) is 5.75 Å². The van der Waals surface area contributed by atoms with Gasteiger partial charge in [-0.15, -0.1) is 0 Å². The molecule has 0 aromatic heterocycles. The summed E-state index contributed by atoms with van der Waals surface area (Å²) in [7, 11) is 1.65. The SMILES string of the molecule is COCc1cccc(OCC(C)(N)CO)c1. The highest BCUT2D eigenvalue weighted by atomic mass is 16.5. The van der Waals surface area contributed by atoms with E-state index in [0.717, 1.165) is 11.3 Å². The van der Waals surface area contributed by atoms with Gasteiger partial charge in [-0.1, -0.05) is 12.1 Å². The van der Waals surface area contributed by atoms with E-state index in [2.05, 4.69) is 0 Å². The molecule has 0 fully saturated rings. The predicted octanol–water partition coefficient (Wildman–Crippen LogP) is 0.921. The van der Waals surface area contributed by atoms with Crippen molar-refractivity contribution in [3.63, 3.8) is 0 Å². The Hall–Kier alpha value is -1.10. The normalized spacial score (nSPS) is 14.5. The van der Waals surface area contributed by atoms with Gasteiger partial charge in [-0.3, -0.25) is 0 Å². The van der Waals surface area contributed by atoms with Crippen molar-refractivity contribution in [3.05, 3.63) is 29.8 Å². The minimum Gasteiger partial charge on any atom is -0.492 e. The van der Waals surface area contributed by atoms with Gasteiger partial charge in [0.15, 0.2) is 0 Å². The zero-order valence-corrected chi connectivity index (χ0v) is 9.77. The Morgan fingerprint density at radius 3 is 2.81 bits per heavy atom. The topological polar surface area (TPSA) is 64.7 Å². The smallest absolute Gasteiger partial charge is 0.119 e. The minimum atomic E-state index is -0.711. The average molecular weight is 225 g/mol. The second kappa shape index (κ2) is 5.84. The molecule has 1 aromatic carbocycles. The van der Waals surface area contributed by atoms with Crippen LogP contribution in [0.25, 0.3) is 0 Å². The molecule has 16 heavy (non-hydrogen) atoms. The highest BCUT2D eigenvalue weighted by Crippen LogP contribution is 2.15. The summed E-state index contributed by atoms with van der Waals surface area (Å²) in [5.41, 5.74) is 6.09. The van der Waals surface area contributed by atoms with Gasteiger partial charge in [0, 0.05) is 7.11 Å². The van der Waals surface area contributed by atoms with Crippen molar-refractivity contribution >= 4 is 0 Å². The van der Waals surface area contributed by atoms with Crippen LogP contribution in [0.4, 0.5) is 0 Å².